The molecule has 0 atom stereocenters. The summed E-state index contributed by atoms with van der Waals surface area (Å²) in [6.07, 6.45) is 11.3. The minimum atomic E-state index is -3.96. The van der Waals surface area contributed by atoms with Crippen LogP contribution < -0.4 is 0 Å². The van der Waals surface area contributed by atoms with E-state index in [-0.39, 0.29) is 0 Å². The highest BCUT2D eigenvalue weighted by Gasteiger charge is 2.19. The normalized spacial score (nSPS) is 18.9. The first kappa shape index (κ1) is 10.0. The second-order valence-corrected chi connectivity index (χ2v) is 4.26. The summed E-state index contributed by atoms with van der Waals surface area (Å²) in [5.41, 5.74) is 0. The van der Waals surface area contributed by atoms with Crippen LogP contribution in [0.4, 0.5) is 0 Å². The number of hydrogen-bond donors (Lipinski definition) is 0. The summed E-state index contributed by atoms with van der Waals surface area (Å²) in [5, 5.41) is 0. The Balaban J connectivity index is 1.95. The van der Waals surface area contributed by atoms with Crippen molar-refractivity contribution in [1.82, 2.24) is 0 Å². The number of rotatable bonds is 4. The van der Waals surface area contributed by atoms with Gasteiger partial charge >= 0.3 is 10.4 Å². The standard InChI is InChI=1S/C10H10O4S/c11-15(12,13-9-5-1-2-6-9)14-10-7-3-4-8-10/h1-5,7H,6,8H2. The van der Waals surface area contributed by atoms with Gasteiger partial charge in [0.1, 0.15) is 11.5 Å². The van der Waals surface area contributed by atoms with Crippen molar-refractivity contribution in [3.05, 3.63) is 48.0 Å². The molecule has 0 spiro atoms. The molecule has 0 unspecified atom stereocenters. The van der Waals surface area contributed by atoms with Gasteiger partial charge in [0.05, 0.1) is 0 Å². The molecule has 0 aliphatic heterocycles. The van der Waals surface area contributed by atoms with Crippen LogP contribution in [0.3, 0.4) is 0 Å². The lowest BCUT2D eigenvalue weighted by molar-refractivity contribution is 0.294. The van der Waals surface area contributed by atoms with Crippen molar-refractivity contribution in [3.8, 4) is 0 Å². The summed E-state index contributed by atoms with van der Waals surface area (Å²) in [6.45, 7) is 0. The van der Waals surface area contributed by atoms with Crippen LogP contribution in [0, 0.1) is 0 Å². The van der Waals surface area contributed by atoms with Crippen LogP contribution in [0.5, 0.6) is 0 Å². The molecule has 0 bridgehead atoms. The molecule has 2 aliphatic carbocycles. The van der Waals surface area contributed by atoms with Crippen molar-refractivity contribution in [3.63, 3.8) is 0 Å². The SMILES string of the molecule is O=S(=O)(OC1=CC=CC1)OC1=CC=CC1. The average molecular weight is 226 g/mol. The Morgan fingerprint density at radius 1 is 0.933 bits per heavy atom. The maximum Gasteiger partial charge on any atom is 0.500 e. The Bertz CT molecular complexity index is 428. The van der Waals surface area contributed by atoms with Crippen molar-refractivity contribution in [2.75, 3.05) is 0 Å². The highest BCUT2D eigenvalue weighted by Crippen LogP contribution is 2.20. The van der Waals surface area contributed by atoms with E-state index in [1.165, 1.54) is 0 Å². The van der Waals surface area contributed by atoms with Gasteiger partial charge in [-0.2, -0.15) is 0 Å². The molecule has 0 aromatic heterocycles. The van der Waals surface area contributed by atoms with Crippen molar-refractivity contribution in [2.45, 2.75) is 12.8 Å². The van der Waals surface area contributed by atoms with Crippen LogP contribution in [0.2, 0.25) is 0 Å². The summed E-state index contributed by atoms with van der Waals surface area (Å²) in [4.78, 5) is 0. The van der Waals surface area contributed by atoms with Crippen molar-refractivity contribution >= 4 is 10.4 Å². The lowest BCUT2D eigenvalue weighted by atomic mass is 10.4. The summed E-state index contributed by atoms with van der Waals surface area (Å²) >= 11 is 0. The molecule has 2 rings (SSSR count). The molecule has 0 heterocycles. The first-order chi connectivity index (χ1) is 7.16. The molecule has 15 heavy (non-hydrogen) atoms. The van der Waals surface area contributed by atoms with Crippen molar-refractivity contribution < 1.29 is 16.8 Å². The van der Waals surface area contributed by atoms with Gasteiger partial charge in [0.15, 0.2) is 0 Å². The minimum absolute atomic E-state index is 0.376. The molecular weight excluding hydrogens is 216 g/mol. The molecule has 80 valence electrons. The van der Waals surface area contributed by atoms with E-state index in [9.17, 15) is 8.42 Å². The van der Waals surface area contributed by atoms with E-state index < -0.39 is 10.4 Å². The van der Waals surface area contributed by atoms with E-state index in [0.717, 1.165) is 0 Å². The summed E-state index contributed by atoms with van der Waals surface area (Å²) < 4.78 is 32.2. The molecule has 5 heteroatoms. The van der Waals surface area contributed by atoms with Crippen LogP contribution in [0.1, 0.15) is 12.8 Å². The third kappa shape index (κ3) is 2.73. The zero-order valence-corrected chi connectivity index (χ0v) is 8.74. The quantitative estimate of drug-likeness (QED) is 0.735. The van der Waals surface area contributed by atoms with Gasteiger partial charge in [0.25, 0.3) is 0 Å². The molecule has 0 saturated carbocycles. The van der Waals surface area contributed by atoms with Crippen LogP contribution in [0.25, 0.3) is 0 Å². The third-order valence-electron chi connectivity index (χ3n) is 1.89. The molecule has 2 aliphatic rings. The molecule has 0 aromatic carbocycles. The topological polar surface area (TPSA) is 52.6 Å². The lowest BCUT2D eigenvalue weighted by Crippen LogP contribution is -2.08. The van der Waals surface area contributed by atoms with Gasteiger partial charge in [0, 0.05) is 12.8 Å². The predicted octanol–water partition coefficient (Wildman–Crippen LogP) is 1.95. The Morgan fingerprint density at radius 3 is 1.73 bits per heavy atom. The van der Waals surface area contributed by atoms with E-state index in [1.807, 2.05) is 0 Å². The van der Waals surface area contributed by atoms with Crippen LogP contribution in [-0.4, -0.2) is 8.42 Å². The van der Waals surface area contributed by atoms with E-state index in [4.69, 9.17) is 8.37 Å². The van der Waals surface area contributed by atoms with Crippen molar-refractivity contribution in [1.29, 1.82) is 0 Å². The Labute approximate surface area is 88.5 Å². The van der Waals surface area contributed by atoms with Crippen molar-refractivity contribution in [2.24, 2.45) is 0 Å². The van der Waals surface area contributed by atoms with Gasteiger partial charge in [0.2, 0.25) is 0 Å². The molecule has 0 amide bonds. The fourth-order valence-corrected chi connectivity index (χ4v) is 2.06. The van der Waals surface area contributed by atoms with Crippen LogP contribution >= 0.6 is 0 Å². The van der Waals surface area contributed by atoms with Gasteiger partial charge in [-0.1, -0.05) is 24.3 Å². The zero-order valence-electron chi connectivity index (χ0n) is 7.92. The summed E-state index contributed by atoms with van der Waals surface area (Å²) in [6, 6.07) is 0. The van der Waals surface area contributed by atoms with Crippen LogP contribution in [-0.2, 0) is 18.8 Å². The molecular formula is C10H10O4S. The van der Waals surface area contributed by atoms with Gasteiger partial charge in [-0.25, -0.2) is 0 Å². The Kier molecular flexibility index (Phi) is 2.64. The molecule has 0 fully saturated rings. The number of allylic oxidation sites excluding steroid dienone is 6. The molecule has 0 N–H and O–H groups in total. The largest absolute Gasteiger partial charge is 0.500 e. The smallest absolute Gasteiger partial charge is 0.357 e. The number of hydrogen-bond acceptors (Lipinski definition) is 4. The lowest BCUT2D eigenvalue weighted by Gasteiger charge is -2.08. The highest BCUT2D eigenvalue weighted by molar-refractivity contribution is 7.82. The van der Waals surface area contributed by atoms with Gasteiger partial charge in [-0.15, -0.1) is 8.42 Å². The van der Waals surface area contributed by atoms with Gasteiger partial charge in [-0.05, 0) is 12.2 Å². The molecule has 0 saturated heterocycles. The van der Waals surface area contributed by atoms with Crippen LogP contribution in [0.15, 0.2) is 48.0 Å². The van der Waals surface area contributed by atoms with E-state index >= 15 is 0 Å². The molecule has 0 radical (unpaired) electrons. The second-order valence-electron chi connectivity index (χ2n) is 3.11. The average Bonchev–Trinajstić information content (AvgIpc) is 2.75. The fraction of sp³-hybridized carbons (Fsp3) is 0.200. The fourth-order valence-electron chi connectivity index (χ4n) is 1.26. The maximum absolute atomic E-state index is 11.4. The second kappa shape index (κ2) is 3.94. The monoisotopic (exact) mass is 226 g/mol. The zero-order chi connectivity index (χ0) is 10.7. The Morgan fingerprint density at radius 2 is 1.40 bits per heavy atom. The molecule has 0 aromatic rings. The minimum Gasteiger partial charge on any atom is -0.357 e. The first-order valence-corrected chi connectivity index (χ1v) is 5.84. The van der Waals surface area contributed by atoms with E-state index in [2.05, 4.69) is 0 Å². The van der Waals surface area contributed by atoms with Gasteiger partial charge in [-0.3, -0.25) is 0 Å². The third-order valence-corrected chi connectivity index (χ3v) is 2.73. The first-order valence-electron chi connectivity index (χ1n) is 4.51. The Hall–Kier alpha value is -1.49. The summed E-state index contributed by atoms with van der Waals surface area (Å²) in [5.74, 6) is 0.753. The highest BCUT2D eigenvalue weighted by atomic mass is 32.3. The molecule has 4 nitrogen and oxygen atoms in total. The van der Waals surface area contributed by atoms with E-state index in [0.29, 0.717) is 24.4 Å². The van der Waals surface area contributed by atoms with Gasteiger partial charge < -0.3 is 8.37 Å². The summed E-state index contributed by atoms with van der Waals surface area (Å²) in [7, 11) is -3.96. The predicted molar refractivity (Wildman–Crippen MR) is 54.8 cm³/mol. The maximum atomic E-state index is 11.4. The van der Waals surface area contributed by atoms with E-state index in [1.54, 1.807) is 36.5 Å².